The average Bonchev–Trinajstić information content (AvgIpc) is 2.95. The van der Waals surface area contributed by atoms with E-state index >= 15 is 0 Å². The lowest BCUT2D eigenvalue weighted by atomic mass is 10.2. The number of imidazole rings is 1. The second-order valence-electron chi connectivity index (χ2n) is 5.44. The number of nitrogens with zero attached hydrogens (tertiary/aromatic N) is 4. The van der Waals surface area contributed by atoms with Crippen LogP contribution in [0.25, 0.3) is 11.3 Å². The molecule has 1 aliphatic carbocycles. The van der Waals surface area contributed by atoms with Gasteiger partial charge >= 0.3 is 6.18 Å². The third-order valence-corrected chi connectivity index (χ3v) is 3.66. The molecule has 0 aromatic carbocycles. The SMILES string of the molecule is Cn1c(-c2cn(CC3CC3)nc2C(F)(F)F)cnc1C(N)=O. The first-order chi connectivity index (χ1) is 10.3. The topological polar surface area (TPSA) is 78.7 Å². The van der Waals surface area contributed by atoms with Gasteiger partial charge in [0.1, 0.15) is 0 Å². The van der Waals surface area contributed by atoms with E-state index in [-0.39, 0.29) is 17.1 Å². The summed E-state index contributed by atoms with van der Waals surface area (Å²) in [6, 6.07) is 0. The maximum absolute atomic E-state index is 13.2. The van der Waals surface area contributed by atoms with Gasteiger partial charge in [-0.2, -0.15) is 18.3 Å². The monoisotopic (exact) mass is 313 g/mol. The van der Waals surface area contributed by atoms with E-state index in [4.69, 9.17) is 5.73 Å². The van der Waals surface area contributed by atoms with Crippen LogP contribution in [0.5, 0.6) is 0 Å². The number of aromatic nitrogens is 4. The van der Waals surface area contributed by atoms with Gasteiger partial charge in [0, 0.05) is 19.8 Å². The fourth-order valence-electron chi connectivity index (χ4n) is 2.37. The van der Waals surface area contributed by atoms with Gasteiger partial charge in [0.25, 0.3) is 5.91 Å². The summed E-state index contributed by atoms with van der Waals surface area (Å²) in [7, 11) is 1.45. The Morgan fingerprint density at radius 3 is 2.64 bits per heavy atom. The lowest BCUT2D eigenvalue weighted by molar-refractivity contribution is -0.141. The zero-order valence-electron chi connectivity index (χ0n) is 11.8. The van der Waals surface area contributed by atoms with Crippen molar-refractivity contribution in [2.45, 2.75) is 25.6 Å². The first-order valence-corrected chi connectivity index (χ1v) is 6.74. The van der Waals surface area contributed by atoms with Crippen molar-refractivity contribution in [3.63, 3.8) is 0 Å². The fourth-order valence-corrected chi connectivity index (χ4v) is 2.37. The predicted molar refractivity (Wildman–Crippen MR) is 70.7 cm³/mol. The van der Waals surface area contributed by atoms with Crippen LogP contribution in [-0.4, -0.2) is 25.2 Å². The van der Waals surface area contributed by atoms with Crippen molar-refractivity contribution in [2.24, 2.45) is 18.7 Å². The largest absolute Gasteiger partial charge is 0.435 e. The number of hydrogen-bond acceptors (Lipinski definition) is 3. The fraction of sp³-hybridized carbons (Fsp3) is 0.462. The first-order valence-electron chi connectivity index (χ1n) is 6.74. The molecule has 0 unspecified atom stereocenters. The Kier molecular flexibility index (Phi) is 3.22. The lowest BCUT2D eigenvalue weighted by Crippen LogP contribution is -2.17. The lowest BCUT2D eigenvalue weighted by Gasteiger charge is -2.07. The standard InChI is InChI=1S/C13H14F3N5O/c1-20-9(4-18-12(20)11(17)22)8-6-21(5-7-2-3-7)19-10(8)13(14,15)16/h4,6-7H,2-3,5H2,1H3,(H2,17,22). The van der Waals surface area contributed by atoms with E-state index in [1.807, 2.05) is 0 Å². The minimum absolute atomic E-state index is 0.0990. The second-order valence-corrected chi connectivity index (χ2v) is 5.44. The molecule has 2 aromatic rings. The van der Waals surface area contributed by atoms with Gasteiger partial charge in [-0.25, -0.2) is 4.98 Å². The van der Waals surface area contributed by atoms with Gasteiger partial charge in [-0.3, -0.25) is 9.48 Å². The number of primary amides is 1. The van der Waals surface area contributed by atoms with Gasteiger partial charge in [0.05, 0.1) is 17.5 Å². The molecule has 22 heavy (non-hydrogen) atoms. The van der Waals surface area contributed by atoms with Gasteiger partial charge in [-0.1, -0.05) is 0 Å². The number of rotatable bonds is 4. The summed E-state index contributed by atoms with van der Waals surface area (Å²) in [5.41, 5.74) is 4.22. The molecule has 1 amide bonds. The van der Waals surface area contributed by atoms with Crippen LogP contribution in [0.2, 0.25) is 0 Å². The minimum atomic E-state index is -4.58. The number of alkyl halides is 3. The highest BCUT2D eigenvalue weighted by Gasteiger charge is 2.39. The van der Waals surface area contributed by atoms with Crippen molar-refractivity contribution in [2.75, 3.05) is 0 Å². The molecule has 0 radical (unpaired) electrons. The summed E-state index contributed by atoms with van der Waals surface area (Å²) in [6.07, 6.45) is -0.0137. The van der Waals surface area contributed by atoms with Crippen LogP contribution < -0.4 is 5.73 Å². The molecule has 6 nitrogen and oxygen atoms in total. The van der Waals surface area contributed by atoms with E-state index in [0.29, 0.717) is 12.5 Å². The smallest absolute Gasteiger partial charge is 0.363 e. The van der Waals surface area contributed by atoms with E-state index in [9.17, 15) is 18.0 Å². The Morgan fingerprint density at radius 1 is 1.45 bits per heavy atom. The summed E-state index contributed by atoms with van der Waals surface area (Å²) in [5.74, 6) is -0.507. The van der Waals surface area contributed by atoms with E-state index in [1.54, 1.807) is 0 Å². The molecule has 2 aromatic heterocycles. The number of nitrogens with two attached hydrogens (primary N) is 1. The number of halogens is 3. The van der Waals surface area contributed by atoms with E-state index in [1.165, 1.54) is 28.7 Å². The molecular weight excluding hydrogens is 299 g/mol. The molecule has 3 rings (SSSR count). The molecule has 2 N–H and O–H groups in total. The van der Waals surface area contributed by atoms with Crippen molar-refractivity contribution in [3.05, 3.63) is 23.9 Å². The molecule has 2 heterocycles. The zero-order valence-corrected chi connectivity index (χ0v) is 11.8. The van der Waals surface area contributed by atoms with E-state index < -0.39 is 17.8 Å². The summed E-state index contributed by atoms with van der Waals surface area (Å²) >= 11 is 0. The molecule has 0 aliphatic heterocycles. The van der Waals surface area contributed by atoms with E-state index in [0.717, 1.165) is 12.8 Å². The van der Waals surface area contributed by atoms with Crippen LogP contribution in [0.1, 0.15) is 29.2 Å². The van der Waals surface area contributed by atoms with E-state index in [2.05, 4.69) is 10.1 Å². The average molecular weight is 313 g/mol. The highest BCUT2D eigenvalue weighted by atomic mass is 19.4. The van der Waals surface area contributed by atoms with Gasteiger partial charge in [-0.15, -0.1) is 0 Å². The van der Waals surface area contributed by atoms with Crippen molar-refractivity contribution >= 4 is 5.91 Å². The zero-order chi connectivity index (χ0) is 16.1. The van der Waals surface area contributed by atoms with Crippen LogP contribution in [0.4, 0.5) is 13.2 Å². The Morgan fingerprint density at radius 2 is 2.14 bits per heavy atom. The normalized spacial score (nSPS) is 15.3. The van der Waals surface area contributed by atoms with Gasteiger partial charge < -0.3 is 10.3 Å². The molecule has 0 bridgehead atoms. The highest BCUT2D eigenvalue weighted by molar-refractivity contribution is 5.90. The Hall–Kier alpha value is -2.32. The van der Waals surface area contributed by atoms with Crippen LogP contribution in [-0.2, 0) is 19.8 Å². The molecule has 9 heteroatoms. The third-order valence-electron chi connectivity index (χ3n) is 3.66. The van der Waals surface area contributed by atoms with Crippen molar-refractivity contribution in [1.29, 1.82) is 0 Å². The molecule has 1 fully saturated rings. The summed E-state index contributed by atoms with van der Waals surface area (Å²) in [4.78, 5) is 15.0. The van der Waals surface area contributed by atoms with Crippen molar-refractivity contribution in [3.8, 4) is 11.3 Å². The van der Waals surface area contributed by atoms with Crippen LogP contribution in [0, 0.1) is 5.92 Å². The second kappa shape index (κ2) is 4.85. The van der Waals surface area contributed by atoms with Crippen molar-refractivity contribution in [1.82, 2.24) is 19.3 Å². The molecule has 0 atom stereocenters. The number of amides is 1. The maximum atomic E-state index is 13.2. The molecular formula is C13H14F3N5O. The van der Waals surface area contributed by atoms with Crippen LogP contribution >= 0.6 is 0 Å². The van der Waals surface area contributed by atoms with Gasteiger partial charge in [0.2, 0.25) is 0 Å². The third kappa shape index (κ3) is 2.58. The first kappa shape index (κ1) is 14.6. The van der Waals surface area contributed by atoms with Crippen molar-refractivity contribution < 1.29 is 18.0 Å². The Bertz CT molecular complexity index is 727. The maximum Gasteiger partial charge on any atom is 0.435 e. The summed E-state index contributed by atoms with van der Waals surface area (Å²) in [6.45, 7) is 0.462. The molecule has 118 valence electrons. The number of hydrogen-bond donors (Lipinski definition) is 1. The minimum Gasteiger partial charge on any atom is -0.363 e. The number of carbonyl (C=O) groups is 1. The van der Waals surface area contributed by atoms with Crippen LogP contribution in [0.15, 0.2) is 12.4 Å². The molecule has 1 aliphatic rings. The molecule has 0 spiro atoms. The number of carbonyl (C=O) groups excluding carboxylic acids is 1. The quantitative estimate of drug-likeness (QED) is 0.935. The Balaban J connectivity index is 2.08. The summed E-state index contributed by atoms with van der Waals surface area (Å²) in [5, 5.41) is 3.67. The molecule has 0 saturated heterocycles. The van der Waals surface area contributed by atoms with Gasteiger partial charge in [-0.05, 0) is 18.8 Å². The summed E-state index contributed by atoms with van der Waals surface area (Å²) < 4.78 is 42.2. The van der Waals surface area contributed by atoms with Gasteiger partial charge in [0.15, 0.2) is 11.5 Å². The Labute approximate surface area is 123 Å². The molecule has 1 saturated carbocycles. The van der Waals surface area contributed by atoms with Crippen LogP contribution in [0.3, 0.4) is 0 Å². The highest BCUT2D eigenvalue weighted by Crippen LogP contribution is 2.37. The predicted octanol–water partition coefficient (Wildman–Crippen LogP) is 1.81.